The summed E-state index contributed by atoms with van der Waals surface area (Å²) in [6.45, 7) is 2.78. The minimum absolute atomic E-state index is 0.188. The van der Waals surface area contributed by atoms with Crippen molar-refractivity contribution >= 4 is 11.6 Å². The predicted octanol–water partition coefficient (Wildman–Crippen LogP) is 4.30. The summed E-state index contributed by atoms with van der Waals surface area (Å²) in [7, 11) is 1.57. The molecule has 1 saturated heterocycles. The lowest BCUT2D eigenvalue weighted by atomic mass is 10.1. The molecule has 0 N–H and O–H groups in total. The molecule has 2 aromatic rings. The van der Waals surface area contributed by atoms with Crippen LogP contribution in [0.3, 0.4) is 0 Å². The first-order valence-electron chi connectivity index (χ1n) is 11.6. The van der Waals surface area contributed by atoms with Crippen molar-refractivity contribution in [1.82, 2.24) is 4.90 Å². The number of ether oxygens (including phenoxy) is 3. The van der Waals surface area contributed by atoms with Crippen LogP contribution in [0.1, 0.15) is 30.7 Å². The third-order valence-electron chi connectivity index (χ3n) is 6.41. The standard InChI is InChI=1S/C26H29FN2O4/c1-31-25-16-21(6-9-23(25)32-15-14-28-12-10-20(27)17-28)29-13-11-24(26(29)30)33-22-7-4-19(5-8-22)18-2-3-18/h4-9,11,16,18,20H,2-3,10,12-15,17H2,1H3/t20-/m1/s1. The Hall–Kier alpha value is -3.06. The molecule has 0 spiro atoms. The van der Waals surface area contributed by atoms with Gasteiger partial charge in [0.05, 0.1) is 7.11 Å². The Kier molecular flexibility index (Phi) is 6.22. The van der Waals surface area contributed by atoms with E-state index in [9.17, 15) is 9.18 Å². The van der Waals surface area contributed by atoms with Gasteiger partial charge in [-0.05, 0) is 61.1 Å². The second kappa shape index (κ2) is 9.43. The van der Waals surface area contributed by atoms with Gasteiger partial charge in [0, 0.05) is 37.9 Å². The molecule has 0 aromatic heterocycles. The van der Waals surface area contributed by atoms with E-state index < -0.39 is 6.17 Å². The quantitative estimate of drug-likeness (QED) is 0.568. The van der Waals surface area contributed by atoms with Gasteiger partial charge in [0.2, 0.25) is 0 Å². The van der Waals surface area contributed by atoms with Crippen molar-refractivity contribution in [2.45, 2.75) is 31.4 Å². The van der Waals surface area contributed by atoms with Crippen LogP contribution in [0.15, 0.2) is 54.3 Å². The summed E-state index contributed by atoms with van der Waals surface area (Å²) in [5, 5.41) is 0. The normalized spacial score (nSPS) is 20.8. The molecule has 1 saturated carbocycles. The van der Waals surface area contributed by atoms with Gasteiger partial charge in [0.25, 0.3) is 5.91 Å². The van der Waals surface area contributed by atoms with E-state index in [2.05, 4.69) is 17.0 Å². The molecule has 174 valence electrons. The van der Waals surface area contributed by atoms with Gasteiger partial charge in [-0.2, -0.15) is 0 Å². The third kappa shape index (κ3) is 4.98. The zero-order chi connectivity index (χ0) is 22.8. The van der Waals surface area contributed by atoms with E-state index in [0.29, 0.717) is 67.3 Å². The smallest absolute Gasteiger partial charge is 0.294 e. The summed E-state index contributed by atoms with van der Waals surface area (Å²) in [5.41, 5.74) is 2.04. The van der Waals surface area contributed by atoms with Crippen LogP contribution < -0.4 is 19.1 Å². The first-order chi connectivity index (χ1) is 16.1. The molecule has 3 aliphatic rings. The summed E-state index contributed by atoms with van der Waals surface area (Å²) in [4.78, 5) is 16.7. The molecular formula is C26H29FN2O4. The molecule has 2 fully saturated rings. The van der Waals surface area contributed by atoms with Crippen molar-refractivity contribution in [2.24, 2.45) is 0 Å². The molecule has 1 aliphatic carbocycles. The van der Waals surface area contributed by atoms with Gasteiger partial charge in [-0.15, -0.1) is 0 Å². The molecule has 5 rings (SSSR count). The Labute approximate surface area is 193 Å². The summed E-state index contributed by atoms with van der Waals surface area (Å²) >= 11 is 0. The number of halogens is 1. The van der Waals surface area contributed by atoms with E-state index in [-0.39, 0.29) is 5.91 Å². The number of anilines is 1. The zero-order valence-corrected chi connectivity index (χ0v) is 18.8. The number of hydrogen-bond acceptors (Lipinski definition) is 5. The lowest BCUT2D eigenvalue weighted by Gasteiger charge is -2.20. The Bertz CT molecular complexity index is 1040. The van der Waals surface area contributed by atoms with Crippen LogP contribution in [0.25, 0.3) is 0 Å². The SMILES string of the molecule is COc1cc(N2CC=C(Oc3ccc(C4CC4)cc3)C2=O)ccc1OCCN1CC[C@@H](F)C1. The summed E-state index contributed by atoms with van der Waals surface area (Å²) in [5.74, 6) is 2.64. The number of methoxy groups -OCH3 is 1. The lowest BCUT2D eigenvalue weighted by Crippen LogP contribution is -2.28. The largest absolute Gasteiger partial charge is 0.493 e. The molecule has 0 unspecified atom stereocenters. The number of likely N-dealkylation sites (tertiary alicyclic amines) is 1. The molecule has 2 heterocycles. The molecule has 0 bridgehead atoms. The maximum atomic E-state index is 13.3. The second-order valence-electron chi connectivity index (χ2n) is 8.80. The third-order valence-corrected chi connectivity index (χ3v) is 6.41. The van der Waals surface area contributed by atoms with Crippen LogP contribution in [-0.4, -0.2) is 56.9 Å². The number of nitrogens with zero attached hydrogens (tertiary/aromatic N) is 2. The van der Waals surface area contributed by atoms with E-state index >= 15 is 0 Å². The van der Waals surface area contributed by atoms with Gasteiger partial charge >= 0.3 is 0 Å². The van der Waals surface area contributed by atoms with Crippen LogP contribution in [-0.2, 0) is 4.79 Å². The highest BCUT2D eigenvalue weighted by Gasteiger charge is 2.29. The molecular weight excluding hydrogens is 423 g/mol. The summed E-state index contributed by atoms with van der Waals surface area (Å²) in [6, 6.07) is 13.4. The van der Waals surface area contributed by atoms with Gasteiger partial charge in [0.15, 0.2) is 17.3 Å². The van der Waals surface area contributed by atoms with Crippen molar-refractivity contribution in [3.63, 3.8) is 0 Å². The molecule has 2 aromatic carbocycles. The Morgan fingerprint density at radius 2 is 1.88 bits per heavy atom. The number of amides is 1. The van der Waals surface area contributed by atoms with Crippen LogP contribution in [0.2, 0.25) is 0 Å². The minimum Gasteiger partial charge on any atom is -0.493 e. The fourth-order valence-electron chi connectivity index (χ4n) is 4.35. The van der Waals surface area contributed by atoms with E-state index in [1.54, 1.807) is 30.2 Å². The number of benzene rings is 2. The average molecular weight is 453 g/mol. The van der Waals surface area contributed by atoms with Gasteiger partial charge in [-0.25, -0.2) is 4.39 Å². The fourth-order valence-corrected chi connectivity index (χ4v) is 4.35. The lowest BCUT2D eigenvalue weighted by molar-refractivity contribution is -0.116. The molecule has 6 nitrogen and oxygen atoms in total. The number of rotatable bonds is 9. The average Bonchev–Trinajstić information content (AvgIpc) is 3.51. The first kappa shape index (κ1) is 21.8. The van der Waals surface area contributed by atoms with E-state index in [1.165, 1.54) is 18.4 Å². The van der Waals surface area contributed by atoms with Gasteiger partial charge < -0.3 is 19.1 Å². The fraction of sp³-hybridized carbons (Fsp3) is 0.423. The van der Waals surface area contributed by atoms with Crippen LogP contribution in [0.4, 0.5) is 10.1 Å². The molecule has 33 heavy (non-hydrogen) atoms. The first-order valence-corrected chi connectivity index (χ1v) is 11.6. The second-order valence-corrected chi connectivity index (χ2v) is 8.80. The Morgan fingerprint density at radius 1 is 1.06 bits per heavy atom. The van der Waals surface area contributed by atoms with Crippen molar-refractivity contribution in [3.8, 4) is 17.2 Å². The highest BCUT2D eigenvalue weighted by Crippen LogP contribution is 2.40. The van der Waals surface area contributed by atoms with E-state index in [0.717, 1.165) is 6.54 Å². The highest BCUT2D eigenvalue weighted by molar-refractivity contribution is 6.07. The molecule has 7 heteroatoms. The summed E-state index contributed by atoms with van der Waals surface area (Å²) in [6.07, 6.45) is 4.16. The number of carbonyl (C=O) groups excluding carboxylic acids is 1. The predicted molar refractivity (Wildman–Crippen MR) is 124 cm³/mol. The van der Waals surface area contributed by atoms with Crippen molar-refractivity contribution in [3.05, 3.63) is 59.9 Å². The maximum absolute atomic E-state index is 13.3. The van der Waals surface area contributed by atoms with Crippen LogP contribution >= 0.6 is 0 Å². The maximum Gasteiger partial charge on any atom is 0.294 e. The molecule has 2 aliphatic heterocycles. The number of alkyl halides is 1. The van der Waals surface area contributed by atoms with Crippen LogP contribution in [0.5, 0.6) is 17.2 Å². The monoisotopic (exact) mass is 452 g/mol. The Morgan fingerprint density at radius 3 is 2.58 bits per heavy atom. The number of hydrogen-bond donors (Lipinski definition) is 0. The van der Waals surface area contributed by atoms with E-state index in [4.69, 9.17) is 14.2 Å². The van der Waals surface area contributed by atoms with Crippen molar-refractivity contribution < 1.29 is 23.4 Å². The molecule has 0 radical (unpaired) electrons. The topological polar surface area (TPSA) is 51.2 Å². The highest BCUT2D eigenvalue weighted by atomic mass is 19.1. The van der Waals surface area contributed by atoms with Gasteiger partial charge in [0.1, 0.15) is 18.5 Å². The Balaban J connectivity index is 1.18. The van der Waals surface area contributed by atoms with E-state index in [1.807, 2.05) is 18.2 Å². The summed E-state index contributed by atoms with van der Waals surface area (Å²) < 4.78 is 30.5. The van der Waals surface area contributed by atoms with Crippen molar-refractivity contribution in [2.75, 3.05) is 44.8 Å². The molecule has 1 amide bonds. The zero-order valence-electron chi connectivity index (χ0n) is 18.8. The molecule has 1 atom stereocenters. The minimum atomic E-state index is -0.735. The van der Waals surface area contributed by atoms with Gasteiger partial charge in [-0.3, -0.25) is 9.69 Å². The van der Waals surface area contributed by atoms with Crippen LogP contribution in [0, 0.1) is 0 Å². The van der Waals surface area contributed by atoms with Gasteiger partial charge in [-0.1, -0.05) is 12.1 Å². The number of carbonyl (C=O) groups is 1. The van der Waals surface area contributed by atoms with Crippen molar-refractivity contribution in [1.29, 1.82) is 0 Å².